The van der Waals surface area contributed by atoms with Crippen LogP contribution in [0.15, 0.2) is 28.9 Å². The van der Waals surface area contributed by atoms with Crippen molar-refractivity contribution in [3.8, 4) is 0 Å². The number of nitrogens with zero attached hydrogens (tertiary/aromatic N) is 1. The van der Waals surface area contributed by atoms with Crippen molar-refractivity contribution in [2.24, 2.45) is 10.9 Å². The zero-order valence-corrected chi connectivity index (χ0v) is 7.49. The molecule has 0 saturated carbocycles. The molecule has 2 N–H and O–H groups in total. The zero-order chi connectivity index (χ0) is 9.68. The maximum absolute atomic E-state index is 11.1. The van der Waals surface area contributed by atoms with Gasteiger partial charge in [-0.05, 0) is 12.8 Å². The summed E-state index contributed by atoms with van der Waals surface area (Å²) in [4.78, 5) is 11.1. The Morgan fingerprint density at radius 3 is 2.85 bits per heavy atom. The predicted octanol–water partition coefficient (Wildman–Crippen LogP) is 0.750. The maximum atomic E-state index is 11.1. The molecule has 0 unspecified atom stereocenters. The lowest BCUT2D eigenvalue weighted by Crippen LogP contribution is -2.19. The second-order valence-electron chi connectivity index (χ2n) is 2.61. The average Bonchev–Trinajstić information content (AvgIpc) is 2.20. The van der Waals surface area contributed by atoms with Gasteiger partial charge in [0.15, 0.2) is 5.71 Å². The van der Waals surface area contributed by atoms with Crippen LogP contribution in [0.3, 0.4) is 0 Å². The molecule has 0 spiro atoms. The van der Waals surface area contributed by atoms with Crippen molar-refractivity contribution in [1.29, 1.82) is 0 Å². The van der Waals surface area contributed by atoms with E-state index in [9.17, 15) is 4.79 Å². The molecule has 4 nitrogen and oxygen atoms in total. The van der Waals surface area contributed by atoms with Gasteiger partial charge in [-0.1, -0.05) is 18.2 Å². The molecular formula is C9H12N2O2. The van der Waals surface area contributed by atoms with Crippen molar-refractivity contribution in [1.82, 2.24) is 0 Å². The lowest BCUT2D eigenvalue weighted by Gasteiger charge is -2.06. The Morgan fingerprint density at radius 2 is 2.38 bits per heavy atom. The Kier molecular flexibility index (Phi) is 3.25. The molecule has 0 bridgehead atoms. The van der Waals surface area contributed by atoms with E-state index in [4.69, 9.17) is 5.84 Å². The fourth-order valence-corrected chi connectivity index (χ4v) is 1.13. The molecule has 1 aliphatic carbocycles. The van der Waals surface area contributed by atoms with Crippen molar-refractivity contribution in [3.05, 3.63) is 23.8 Å². The minimum atomic E-state index is -0.500. The summed E-state index contributed by atoms with van der Waals surface area (Å²) in [5.41, 5.74) is 0.916. The summed E-state index contributed by atoms with van der Waals surface area (Å²) in [5, 5.41) is 3.41. The van der Waals surface area contributed by atoms with Gasteiger partial charge in [0.25, 0.3) is 0 Å². The van der Waals surface area contributed by atoms with E-state index in [1.54, 1.807) is 0 Å². The summed E-state index contributed by atoms with van der Waals surface area (Å²) >= 11 is 0. The number of hydrogen-bond donors (Lipinski definition) is 1. The summed E-state index contributed by atoms with van der Waals surface area (Å²) in [6, 6.07) is 0. The number of rotatable bonds is 2. The molecule has 1 aliphatic rings. The largest absolute Gasteiger partial charge is 0.464 e. The van der Waals surface area contributed by atoms with E-state index in [-0.39, 0.29) is 5.71 Å². The monoisotopic (exact) mass is 180 g/mol. The van der Waals surface area contributed by atoms with Gasteiger partial charge in [-0.25, -0.2) is 4.79 Å². The van der Waals surface area contributed by atoms with Crippen LogP contribution in [-0.4, -0.2) is 18.8 Å². The van der Waals surface area contributed by atoms with E-state index in [1.807, 2.05) is 18.2 Å². The Morgan fingerprint density at radius 1 is 1.62 bits per heavy atom. The third-order valence-corrected chi connectivity index (χ3v) is 1.78. The van der Waals surface area contributed by atoms with Gasteiger partial charge in [-0.15, -0.1) is 0 Å². The second-order valence-corrected chi connectivity index (χ2v) is 2.61. The maximum Gasteiger partial charge on any atom is 0.359 e. The summed E-state index contributed by atoms with van der Waals surface area (Å²) < 4.78 is 4.53. The molecule has 4 heteroatoms. The van der Waals surface area contributed by atoms with Crippen molar-refractivity contribution in [3.63, 3.8) is 0 Å². The van der Waals surface area contributed by atoms with E-state index in [0.717, 1.165) is 18.4 Å². The fraction of sp³-hybridized carbons (Fsp3) is 0.333. The number of esters is 1. The number of carbonyl (C=O) groups excluding carboxylic acids is 1. The lowest BCUT2D eigenvalue weighted by atomic mass is 10.0. The molecule has 0 heterocycles. The number of hydrogen-bond acceptors (Lipinski definition) is 4. The van der Waals surface area contributed by atoms with E-state index >= 15 is 0 Å². The molecule has 1 rings (SSSR count). The molecule has 70 valence electrons. The first kappa shape index (κ1) is 9.51. The second kappa shape index (κ2) is 4.45. The molecule has 0 saturated heterocycles. The van der Waals surface area contributed by atoms with Crippen LogP contribution in [0.5, 0.6) is 0 Å². The molecular weight excluding hydrogens is 168 g/mol. The lowest BCUT2D eigenvalue weighted by molar-refractivity contribution is -0.132. The standard InChI is InChI=1S/C9H12N2O2/c1-13-9(12)8(11-10)7-5-3-2-4-6-7/h3,5-6H,2,4,10H2,1H3/b11-8+. The number of methoxy groups -OCH3 is 1. The minimum Gasteiger partial charge on any atom is -0.464 e. The number of ether oxygens (including phenoxy) is 1. The van der Waals surface area contributed by atoms with Crippen molar-refractivity contribution in [2.45, 2.75) is 12.8 Å². The normalized spacial score (nSPS) is 16.7. The van der Waals surface area contributed by atoms with Gasteiger partial charge in [-0.3, -0.25) is 0 Å². The van der Waals surface area contributed by atoms with Gasteiger partial charge >= 0.3 is 5.97 Å². The van der Waals surface area contributed by atoms with E-state index in [1.165, 1.54) is 7.11 Å². The Balaban J connectivity index is 2.84. The highest BCUT2D eigenvalue weighted by Gasteiger charge is 2.15. The Hall–Kier alpha value is -1.58. The molecule has 0 atom stereocenters. The Bertz CT molecular complexity index is 290. The number of nitrogens with two attached hydrogens (primary N) is 1. The number of carbonyl (C=O) groups is 1. The van der Waals surface area contributed by atoms with Gasteiger partial charge < -0.3 is 10.6 Å². The highest BCUT2D eigenvalue weighted by molar-refractivity contribution is 6.43. The average molecular weight is 180 g/mol. The molecule has 13 heavy (non-hydrogen) atoms. The van der Waals surface area contributed by atoms with Crippen LogP contribution in [0.25, 0.3) is 0 Å². The molecule has 0 aromatic heterocycles. The van der Waals surface area contributed by atoms with Gasteiger partial charge in [0.05, 0.1) is 7.11 Å². The smallest absolute Gasteiger partial charge is 0.359 e. The van der Waals surface area contributed by atoms with Crippen LogP contribution in [0.1, 0.15) is 12.8 Å². The van der Waals surface area contributed by atoms with Gasteiger partial charge in [-0.2, -0.15) is 5.10 Å². The van der Waals surface area contributed by atoms with Gasteiger partial charge in [0, 0.05) is 5.57 Å². The highest BCUT2D eigenvalue weighted by atomic mass is 16.5. The van der Waals surface area contributed by atoms with E-state index < -0.39 is 5.97 Å². The highest BCUT2D eigenvalue weighted by Crippen LogP contribution is 2.11. The number of hydrazone groups is 1. The summed E-state index contributed by atoms with van der Waals surface area (Å²) in [6.45, 7) is 0. The van der Waals surface area contributed by atoms with Gasteiger partial charge in [0.2, 0.25) is 0 Å². The van der Waals surface area contributed by atoms with Crippen LogP contribution < -0.4 is 5.84 Å². The first-order chi connectivity index (χ1) is 6.29. The van der Waals surface area contributed by atoms with Crippen LogP contribution in [0.2, 0.25) is 0 Å². The van der Waals surface area contributed by atoms with Crippen molar-refractivity contribution >= 4 is 11.7 Å². The van der Waals surface area contributed by atoms with Crippen LogP contribution in [0, 0.1) is 0 Å². The SMILES string of the molecule is COC(=O)/C(=N/N)C1=CCCC=C1. The topological polar surface area (TPSA) is 64.7 Å². The first-order valence-electron chi connectivity index (χ1n) is 4.03. The molecule has 0 aromatic rings. The quantitative estimate of drug-likeness (QED) is 0.295. The predicted molar refractivity (Wildman–Crippen MR) is 50.1 cm³/mol. The van der Waals surface area contributed by atoms with Gasteiger partial charge in [0.1, 0.15) is 0 Å². The van der Waals surface area contributed by atoms with E-state index in [0.29, 0.717) is 0 Å². The van der Waals surface area contributed by atoms with Crippen LogP contribution >= 0.6 is 0 Å². The molecule has 0 amide bonds. The summed E-state index contributed by atoms with van der Waals surface area (Å²) in [7, 11) is 1.31. The summed E-state index contributed by atoms with van der Waals surface area (Å²) in [6.07, 6.45) is 7.61. The fourth-order valence-electron chi connectivity index (χ4n) is 1.13. The molecule has 0 radical (unpaired) electrons. The zero-order valence-electron chi connectivity index (χ0n) is 7.49. The van der Waals surface area contributed by atoms with E-state index in [2.05, 4.69) is 9.84 Å². The molecule has 0 fully saturated rings. The third kappa shape index (κ3) is 2.18. The summed E-state index contributed by atoms with van der Waals surface area (Å²) in [5.74, 6) is 4.59. The van der Waals surface area contributed by atoms with Crippen molar-refractivity contribution in [2.75, 3.05) is 7.11 Å². The Labute approximate surface area is 76.8 Å². The van der Waals surface area contributed by atoms with Crippen LogP contribution in [-0.2, 0) is 9.53 Å². The first-order valence-corrected chi connectivity index (χ1v) is 4.03. The van der Waals surface area contributed by atoms with Crippen LogP contribution in [0.4, 0.5) is 0 Å². The third-order valence-electron chi connectivity index (χ3n) is 1.78. The molecule has 0 aliphatic heterocycles. The molecule has 0 aromatic carbocycles. The number of allylic oxidation sites excluding steroid dienone is 3. The minimum absolute atomic E-state index is 0.179. The van der Waals surface area contributed by atoms with Crippen molar-refractivity contribution < 1.29 is 9.53 Å².